The normalized spacial score (nSPS) is 18.8. The van der Waals surface area contributed by atoms with Gasteiger partial charge >= 0.3 is 0 Å². The zero-order valence-corrected chi connectivity index (χ0v) is 15.3. The Morgan fingerprint density at radius 3 is 2.40 bits per heavy atom. The van der Waals surface area contributed by atoms with Crippen LogP contribution in [0, 0.1) is 0 Å². The van der Waals surface area contributed by atoms with Gasteiger partial charge in [-0.15, -0.1) is 10.2 Å². The minimum absolute atomic E-state index is 0.378. The Bertz CT molecular complexity index is 895. The molecule has 3 aromatic heterocycles. The molecule has 0 radical (unpaired) electrons. The van der Waals surface area contributed by atoms with Gasteiger partial charge in [0.25, 0.3) is 0 Å². The Kier molecular flexibility index (Phi) is 3.65. The average molecular weight is 400 g/mol. The molecule has 0 atom stereocenters. The zero-order valence-electron chi connectivity index (χ0n) is 13.7. The lowest BCUT2D eigenvalue weighted by atomic mass is 9.96. The first-order valence-electron chi connectivity index (χ1n) is 8.73. The minimum Gasteiger partial charge on any atom is -0.341 e. The van der Waals surface area contributed by atoms with Crippen molar-refractivity contribution in [3.8, 4) is 0 Å². The van der Waals surface area contributed by atoms with E-state index in [0.29, 0.717) is 11.8 Å². The molecule has 3 aromatic rings. The van der Waals surface area contributed by atoms with Crippen LogP contribution in [0.15, 0.2) is 29.0 Å². The van der Waals surface area contributed by atoms with E-state index in [4.69, 9.17) is 5.10 Å². The van der Waals surface area contributed by atoms with Gasteiger partial charge in [0, 0.05) is 37.3 Å². The lowest BCUT2D eigenvalue weighted by Crippen LogP contribution is -2.34. The number of fused-ring (bicyclic) bond motifs is 1. The van der Waals surface area contributed by atoms with Gasteiger partial charge in [0.15, 0.2) is 11.5 Å². The zero-order chi connectivity index (χ0) is 16.8. The molecule has 7 nitrogen and oxygen atoms in total. The summed E-state index contributed by atoms with van der Waals surface area (Å²) < 4.78 is 2.86. The molecule has 25 heavy (non-hydrogen) atoms. The van der Waals surface area contributed by atoms with E-state index in [9.17, 15) is 0 Å². The van der Waals surface area contributed by atoms with Crippen molar-refractivity contribution in [1.82, 2.24) is 29.8 Å². The summed E-state index contributed by atoms with van der Waals surface area (Å²) in [5.74, 6) is 2.80. The van der Waals surface area contributed by atoms with E-state index in [1.165, 1.54) is 18.5 Å². The van der Waals surface area contributed by atoms with Crippen molar-refractivity contribution in [2.24, 2.45) is 0 Å². The molecule has 1 saturated heterocycles. The Labute approximate surface area is 153 Å². The number of anilines is 1. The molecule has 0 N–H and O–H groups in total. The highest BCUT2D eigenvalue weighted by molar-refractivity contribution is 9.10. The lowest BCUT2D eigenvalue weighted by molar-refractivity contribution is 0.472. The monoisotopic (exact) mass is 399 g/mol. The van der Waals surface area contributed by atoms with Crippen LogP contribution in [0.25, 0.3) is 5.65 Å². The summed E-state index contributed by atoms with van der Waals surface area (Å²) in [6, 6.07) is 4.14. The van der Waals surface area contributed by atoms with E-state index in [0.717, 1.165) is 47.8 Å². The molecule has 8 heteroatoms. The van der Waals surface area contributed by atoms with Gasteiger partial charge in [-0.3, -0.25) is 0 Å². The summed E-state index contributed by atoms with van der Waals surface area (Å²) in [6.07, 6.45) is 8.11. The van der Waals surface area contributed by atoms with Crippen molar-refractivity contribution >= 4 is 27.5 Å². The summed E-state index contributed by atoms with van der Waals surface area (Å²) in [5.41, 5.74) is 2.02. The summed E-state index contributed by atoms with van der Waals surface area (Å²) in [7, 11) is 0. The molecule has 0 bridgehead atoms. The van der Waals surface area contributed by atoms with E-state index in [1.807, 2.05) is 10.6 Å². The molecular formula is C17H18BrN7. The fraction of sp³-hybridized carbons (Fsp3) is 0.471. The number of hydrogen-bond acceptors (Lipinski definition) is 6. The number of hydrogen-bond donors (Lipinski definition) is 0. The van der Waals surface area contributed by atoms with Crippen LogP contribution in [-0.4, -0.2) is 42.9 Å². The van der Waals surface area contributed by atoms with Gasteiger partial charge in [0.1, 0.15) is 0 Å². The molecular weight excluding hydrogens is 382 g/mol. The van der Waals surface area contributed by atoms with Gasteiger partial charge in [-0.25, -0.2) is 9.97 Å². The molecule has 1 aliphatic heterocycles. The van der Waals surface area contributed by atoms with Crippen molar-refractivity contribution in [2.45, 2.75) is 37.5 Å². The minimum atomic E-state index is 0.378. The largest absolute Gasteiger partial charge is 0.341 e. The van der Waals surface area contributed by atoms with Crippen LogP contribution in [-0.2, 0) is 0 Å². The lowest BCUT2D eigenvalue weighted by Gasteiger charge is -2.30. The predicted octanol–water partition coefficient (Wildman–Crippen LogP) is 2.94. The van der Waals surface area contributed by atoms with Gasteiger partial charge in [-0.2, -0.15) is 9.61 Å². The fourth-order valence-corrected chi connectivity index (χ4v) is 3.68. The van der Waals surface area contributed by atoms with Crippen LogP contribution < -0.4 is 4.90 Å². The molecule has 4 heterocycles. The van der Waals surface area contributed by atoms with Gasteiger partial charge in [-0.1, -0.05) is 0 Å². The third-order valence-corrected chi connectivity index (χ3v) is 5.46. The predicted molar refractivity (Wildman–Crippen MR) is 96.7 cm³/mol. The first-order valence-corrected chi connectivity index (χ1v) is 9.52. The Balaban J connectivity index is 1.35. The maximum absolute atomic E-state index is 4.81. The average Bonchev–Trinajstić information content (AvgIpc) is 3.42. The smallest absolute Gasteiger partial charge is 0.225 e. The number of aromatic nitrogens is 6. The molecule has 0 spiro atoms. The molecule has 128 valence electrons. The van der Waals surface area contributed by atoms with Gasteiger partial charge < -0.3 is 4.90 Å². The molecule has 5 rings (SSSR count). The third-order valence-electron chi connectivity index (χ3n) is 5.05. The van der Waals surface area contributed by atoms with Crippen LogP contribution in [0.2, 0.25) is 0 Å². The first-order chi connectivity index (χ1) is 12.3. The quantitative estimate of drug-likeness (QED) is 0.673. The number of halogens is 1. The SMILES string of the molecule is Brc1cnc(N2CCC(c3nnc4ccc(C5CC5)nn34)CC2)nc1. The van der Waals surface area contributed by atoms with Crippen molar-refractivity contribution in [3.05, 3.63) is 40.5 Å². The van der Waals surface area contributed by atoms with Crippen LogP contribution in [0.1, 0.15) is 49.0 Å². The Morgan fingerprint density at radius 1 is 0.920 bits per heavy atom. The Hall–Kier alpha value is -2.09. The molecule has 0 unspecified atom stereocenters. The molecule has 1 aliphatic carbocycles. The second-order valence-electron chi connectivity index (χ2n) is 6.82. The fourth-order valence-electron chi connectivity index (χ4n) is 3.48. The van der Waals surface area contributed by atoms with E-state index in [2.05, 4.69) is 47.1 Å². The van der Waals surface area contributed by atoms with Gasteiger partial charge in [0.05, 0.1) is 10.2 Å². The van der Waals surface area contributed by atoms with Crippen LogP contribution >= 0.6 is 15.9 Å². The first kappa shape index (κ1) is 15.2. The van der Waals surface area contributed by atoms with Crippen LogP contribution in [0.3, 0.4) is 0 Å². The van der Waals surface area contributed by atoms with E-state index in [-0.39, 0.29) is 0 Å². The van der Waals surface area contributed by atoms with Gasteiger partial charge in [-0.05, 0) is 53.7 Å². The summed E-state index contributed by atoms with van der Waals surface area (Å²) >= 11 is 3.38. The second-order valence-corrected chi connectivity index (χ2v) is 7.74. The summed E-state index contributed by atoms with van der Waals surface area (Å²) in [5, 5.41) is 13.6. The standard InChI is InChI=1S/C17H18BrN7/c18-13-9-19-17(20-10-13)24-7-5-12(6-8-24)16-22-21-15-4-3-14(11-1-2-11)23-25(15)16/h3-4,9-12H,1-2,5-8H2. The molecule has 0 amide bonds. The van der Waals surface area contributed by atoms with Crippen molar-refractivity contribution in [3.63, 3.8) is 0 Å². The van der Waals surface area contributed by atoms with E-state index >= 15 is 0 Å². The maximum atomic E-state index is 4.81. The number of rotatable bonds is 3. The molecule has 0 aromatic carbocycles. The third kappa shape index (κ3) is 2.88. The summed E-state index contributed by atoms with van der Waals surface area (Å²) in [6.45, 7) is 1.84. The molecule has 1 saturated carbocycles. The van der Waals surface area contributed by atoms with Crippen molar-refractivity contribution in [2.75, 3.05) is 18.0 Å². The van der Waals surface area contributed by atoms with Crippen molar-refractivity contribution < 1.29 is 0 Å². The van der Waals surface area contributed by atoms with E-state index in [1.54, 1.807) is 12.4 Å². The summed E-state index contributed by atoms with van der Waals surface area (Å²) in [4.78, 5) is 11.0. The number of nitrogens with zero attached hydrogens (tertiary/aromatic N) is 7. The highest BCUT2D eigenvalue weighted by Gasteiger charge is 2.28. The van der Waals surface area contributed by atoms with Crippen LogP contribution in [0.5, 0.6) is 0 Å². The Morgan fingerprint density at radius 2 is 1.68 bits per heavy atom. The molecule has 2 fully saturated rings. The van der Waals surface area contributed by atoms with Crippen LogP contribution in [0.4, 0.5) is 5.95 Å². The maximum Gasteiger partial charge on any atom is 0.225 e. The second kappa shape index (κ2) is 6.01. The highest BCUT2D eigenvalue weighted by atomic mass is 79.9. The highest BCUT2D eigenvalue weighted by Crippen LogP contribution is 2.39. The van der Waals surface area contributed by atoms with Crippen molar-refractivity contribution in [1.29, 1.82) is 0 Å². The topological polar surface area (TPSA) is 72.1 Å². The molecule has 2 aliphatic rings. The van der Waals surface area contributed by atoms with Gasteiger partial charge in [0.2, 0.25) is 5.95 Å². The number of piperidine rings is 1. The van der Waals surface area contributed by atoms with E-state index < -0.39 is 0 Å².